The summed E-state index contributed by atoms with van der Waals surface area (Å²) in [5.41, 5.74) is 6.50. The first-order valence-corrected chi connectivity index (χ1v) is 4.92. The average Bonchev–Trinajstić information content (AvgIpc) is 2.25. The number of carbonyl (C=O) groups is 1. The number of nitrogen functional groups attached to an aromatic ring is 1. The van der Waals surface area contributed by atoms with Crippen LogP contribution in [0.4, 0.5) is 5.69 Å². The molecular formula is C12H15NO2. The molecule has 0 spiro atoms. The third-order valence-corrected chi connectivity index (χ3v) is 1.89. The highest BCUT2D eigenvalue weighted by Crippen LogP contribution is 2.11. The van der Waals surface area contributed by atoms with Crippen LogP contribution in [0, 0.1) is 0 Å². The number of hydrogen-bond acceptors (Lipinski definition) is 3. The van der Waals surface area contributed by atoms with E-state index in [1.807, 2.05) is 19.1 Å². The van der Waals surface area contributed by atoms with Crippen LogP contribution in [0.1, 0.15) is 23.7 Å². The fourth-order valence-corrected chi connectivity index (χ4v) is 1.12. The van der Waals surface area contributed by atoms with Gasteiger partial charge >= 0.3 is 5.97 Å². The zero-order valence-corrected chi connectivity index (χ0v) is 8.77. The predicted octanol–water partition coefficient (Wildman–Crippen LogP) is 2.39. The first kappa shape index (κ1) is 11.3. The molecule has 0 aliphatic carbocycles. The quantitative estimate of drug-likeness (QED) is 0.466. The molecule has 0 bridgehead atoms. The lowest BCUT2D eigenvalue weighted by Crippen LogP contribution is -2.07. The lowest BCUT2D eigenvalue weighted by Gasteiger charge is -2.04. The molecule has 0 heterocycles. The summed E-state index contributed by atoms with van der Waals surface area (Å²) >= 11 is 0. The largest absolute Gasteiger partial charge is 0.458 e. The third-order valence-electron chi connectivity index (χ3n) is 1.89. The normalized spacial score (nSPS) is 10.5. The van der Waals surface area contributed by atoms with Gasteiger partial charge < -0.3 is 10.5 Å². The van der Waals surface area contributed by atoms with Crippen LogP contribution in [-0.2, 0) is 4.74 Å². The summed E-state index contributed by atoms with van der Waals surface area (Å²) in [5.74, 6) is -0.381. The summed E-state index contributed by atoms with van der Waals surface area (Å²) in [6.45, 7) is 2.31. The van der Waals surface area contributed by atoms with E-state index in [1.165, 1.54) is 0 Å². The Labute approximate surface area is 89.5 Å². The summed E-state index contributed by atoms with van der Waals surface area (Å²) in [7, 11) is 0. The number of hydrogen-bond donors (Lipinski definition) is 1. The zero-order chi connectivity index (χ0) is 11.1. The van der Waals surface area contributed by atoms with E-state index in [0.29, 0.717) is 17.9 Å². The first-order valence-electron chi connectivity index (χ1n) is 4.92. The number of rotatable bonds is 4. The highest BCUT2D eigenvalue weighted by Gasteiger charge is 2.08. The van der Waals surface area contributed by atoms with Gasteiger partial charge in [0.05, 0.1) is 5.56 Å². The average molecular weight is 205 g/mol. The van der Waals surface area contributed by atoms with Crippen LogP contribution in [0.5, 0.6) is 0 Å². The van der Waals surface area contributed by atoms with Crippen LogP contribution in [0.25, 0.3) is 0 Å². The molecule has 3 nitrogen and oxygen atoms in total. The molecular weight excluding hydrogens is 190 g/mol. The summed E-state index contributed by atoms with van der Waals surface area (Å²) in [5, 5.41) is 0. The van der Waals surface area contributed by atoms with Crippen molar-refractivity contribution >= 4 is 11.7 Å². The summed E-state index contributed by atoms with van der Waals surface area (Å²) in [6, 6.07) is 6.87. The molecule has 0 saturated heterocycles. The van der Waals surface area contributed by atoms with E-state index in [1.54, 1.807) is 24.3 Å². The van der Waals surface area contributed by atoms with Crippen LogP contribution >= 0.6 is 0 Å². The van der Waals surface area contributed by atoms with Gasteiger partial charge in [-0.1, -0.05) is 31.2 Å². The lowest BCUT2D eigenvalue weighted by molar-refractivity contribution is 0.0550. The van der Waals surface area contributed by atoms with E-state index in [-0.39, 0.29) is 5.97 Å². The second-order valence-electron chi connectivity index (χ2n) is 3.07. The van der Waals surface area contributed by atoms with E-state index in [4.69, 9.17) is 10.5 Å². The molecule has 0 amide bonds. The number of carbonyl (C=O) groups excluding carboxylic acids is 1. The van der Waals surface area contributed by atoms with Gasteiger partial charge in [0.25, 0.3) is 0 Å². The van der Waals surface area contributed by atoms with Crippen LogP contribution in [0.2, 0.25) is 0 Å². The molecule has 15 heavy (non-hydrogen) atoms. The van der Waals surface area contributed by atoms with Crippen molar-refractivity contribution in [1.29, 1.82) is 0 Å². The van der Waals surface area contributed by atoms with Crippen molar-refractivity contribution in [1.82, 2.24) is 0 Å². The molecule has 1 aromatic rings. The molecule has 80 valence electrons. The Morgan fingerprint density at radius 2 is 2.13 bits per heavy atom. The number of esters is 1. The van der Waals surface area contributed by atoms with Gasteiger partial charge in [-0.3, -0.25) is 0 Å². The SMILES string of the molecule is CC/C=C/COC(=O)c1ccccc1N. The Morgan fingerprint density at radius 1 is 1.40 bits per heavy atom. The monoisotopic (exact) mass is 205 g/mol. The molecule has 2 N–H and O–H groups in total. The Morgan fingerprint density at radius 3 is 2.80 bits per heavy atom. The highest BCUT2D eigenvalue weighted by molar-refractivity contribution is 5.94. The fourth-order valence-electron chi connectivity index (χ4n) is 1.12. The van der Waals surface area contributed by atoms with Gasteiger partial charge in [0, 0.05) is 5.69 Å². The number of anilines is 1. The van der Waals surface area contributed by atoms with E-state index in [9.17, 15) is 4.79 Å². The summed E-state index contributed by atoms with van der Waals surface area (Å²) in [6.07, 6.45) is 4.70. The Balaban J connectivity index is 2.54. The van der Waals surface area contributed by atoms with Crippen molar-refractivity contribution in [2.24, 2.45) is 0 Å². The van der Waals surface area contributed by atoms with Crippen molar-refractivity contribution in [2.75, 3.05) is 12.3 Å². The van der Waals surface area contributed by atoms with Gasteiger partial charge in [-0.15, -0.1) is 0 Å². The molecule has 0 radical (unpaired) electrons. The second-order valence-corrected chi connectivity index (χ2v) is 3.07. The third kappa shape index (κ3) is 3.46. The van der Waals surface area contributed by atoms with Gasteiger partial charge in [-0.05, 0) is 18.6 Å². The smallest absolute Gasteiger partial charge is 0.340 e. The van der Waals surface area contributed by atoms with Crippen LogP contribution in [0.3, 0.4) is 0 Å². The topological polar surface area (TPSA) is 52.3 Å². The van der Waals surface area contributed by atoms with Crippen LogP contribution < -0.4 is 5.73 Å². The van der Waals surface area contributed by atoms with Gasteiger partial charge in [0.15, 0.2) is 0 Å². The van der Waals surface area contributed by atoms with Crippen molar-refractivity contribution < 1.29 is 9.53 Å². The molecule has 0 saturated carbocycles. The first-order chi connectivity index (χ1) is 7.25. The molecule has 0 atom stereocenters. The van der Waals surface area contributed by atoms with Crippen molar-refractivity contribution in [3.63, 3.8) is 0 Å². The van der Waals surface area contributed by atoms with Gasteiger partial charge in [-0.25, -0.2) is 4.79 Å². The maximum Gasteiger partial charge on any atom is 0.340 e. The molecule has 1 rings (SSSR count). The maximum atomic E-state index is 11.5. The maximum absolute atomic E-state index is 11.5. The number of allylic oxidation sites excluding steroid dienone is 1. The molecule has 0 fully saturated rings. The summed E-state index contributed by atoms with van der Waals surface area (Å²) < 4.78 is 5.01. The minimum atomic E-state index is -0.381. The highest BCUT2D eigenvalue weighted by atomic mass is 16.5. The Hall–Kier alpha value is -1.77. The van der Waals surface area contributed by atoms with Crippen LogP contribution in [-0.4, -0.2) is 12.6 Å². The molecule has 0 aliphatic heterocycles. The number of ether oxygens (including phenoxy) is 1. The van der Waals surface area contributed by atoms with E-state index < -0.39 is 0 Å². The van der Waals surface area contributed by atoms with E-state index in [2.05, 4.69) is 0 Å². The number of nitrogens with two attached hydrogens (primary N) is 1. The van der Waals surface area contributed by atoms with Crippen LogP contribution in [0.15, 0.2) is 36.4 Å². The molecule has 0 unspecified atom stereocenters. The lowest BCUT2D eigenvalue weighted by atomic mass is 10.2. The van der Waals surface area contributed by atoms with Crippen molar-refractivity contribution in [3.05, 3.63) is 42.0 Å². The molecule has 0 aromatic heterocycles. The molecule has 3 heteroatoms. The molecule has 0 aliphatic rings. The van der Waals surface area contributed by atoms with Gasteiger partial charge in [0.2, 0.25) is 0 Å². The minimum absolute atomic E-state index is 0.293. The van der Waals surface area contributed by atoms with E-state index in [0.717, 1.165) is 6.42 Å². The molecule has 1 aromatic carbocycles. The fraction of sp³-hybridized carbons (Fsp3) is 0.250. The predicted molar refractivity (Wildman–Crippen MR) is 60.6 cm³/mol. The van der Waals surface area contributed by atoms with Crippen molar-refractivity contribution in [2.45, 2.75) is 13.3 Å². The Kier molecular flexibility index (Phi) is 4.41. The van der Waals surface area contributed by atoms with E-state index >= 15 is 0 Å². The standard InChI is InChI=1S/C12H15NO2/c1-2-3-6-9-15-12(14)10-7-4-5-8-11(10)13/h3-8H,2,9,13H2,1H3/b6-3+. The Bertz CT molecular complexity index is 358. The number of benzene rings is 1. The van der Waals surface area contributed by atoms with Crippen molar-refractivity contribution in [3.8, 4) is 0 Å². The minimum Gasteiger partial charge on any atom is -0.458 e. The number of para-hydroxylation sites is 1. The second kappa shape index (κ2) is 5.86. The van der Waals surface area contributed by atoms with Gasteiger partial charge in [0.1, 0.15) is 6.61 Å². The van der Waals surface area contributed by atoms with Gasteiger partial charge in [-0.2, -0.15) is 0 Å². The zero-order valence-electron chi connectivity index (χ0n) is 8.77. The summed E-state index contributed by atoms with van der Waals surface area (Å²) in [4.78, 5) is 11.5.